The van der Waals surface area contributed by atoms with Gasteiger partial charge >= 0.3 is 0 Å². The maximum absolute atomic E-state index is 12.5. The Bertz CT molecular complexity index is 693. The number of hydrogen-bond donors (Lipinski definition) is 0. The Morgan fingerprint density at radius 3 is 2.00 bits per heavy atom. The van der Waals surface area contributed by atoms with E-state index in [0.29, 0.717) is 30.8 Å². The number of ether oxygens (including phenoxy) is 1. The predicted molar refractivity (Wildman–Crippen MR) is 85.3 cm³/mol. The number of para-hydroxylation sites is 1. The molecule has 1 saturated heterocycles. The third-order valence-electron chi connectivity index (χ3n) is 3.83. The lowest BCUT2D eigenvalue weighted by atomic mass is 10.1. The number of benzene rings is 2. The number of rotatable bonds is 4. The largest absolute Gasteiger partial charge is 0.490 e. The fourth-order valence-electron chi connectivity index (χ4n) is 2.62. The zero-order valence-electron chi connectivity index (χ0n) is 12.3. The van der Waals surface area contributed by atoms with Crippen molar-refractivity contribution >= 4 is 10.0 Å². The first-order valence-electron chi connectivity index (χ1n) is 7.43. The summed E-state index contributed by atoms with van der Waals surface area (Å²) in [6.45, 7) is 0.990. The van der Waals surface area contributed by atoms with Gasteiger partial charge < -0.3 is 4.74 Å². The lowest BCUT2D eigenvalue weighted by molar-refractivity contribution is 0.135. The average Bonchev–Trinajstić information content (AvgIpc) is 2.57. The van der Waals surface area contributed by atoms with Gasteiger partial charge in [-0.15, -0.1) is 0 Å². The average molecular weight is 317 g/mol. The molecule has 22 heavy (non-hydrogen) atoms. The van der Waals surface area contributed by atoms with Gasteiger partial charge in [0, 0.05) is 13.1 Å². The molecule has 2 aromatic carbocycles. The summed E-state index contributed by atoms with van der Waals surface area (Å²) >= 11 is 0. The molecule has 0 unspecified atom stereocenters. The SMILES string of the molecule is O=S(=O)(c1ccccc1)N1CCC(Oc2ccccc2)CC1. The standard InChI is InChI=1S/C17H19NO3S/c19-22(20,17-9-5-2-6-10-17)18-13-11-16(12-14-18)21-15-7-3-1-4-8-15/h1-10,16H,11-14H2. The van der Waals surface area contributed by atoms with E-state index in [9.17, 15) is 8.42 Å². The summed E-state index contributed by atoms with van der Waals surface area (Å²) in [4.78, 5) is 0.359. The second-order valence-electron chi connectivity index (χ2n) is 5.35. The molecule has 0 saturated carbocycles. The first kappa shape index (κ1) is 15.1. The normalized spacial score (nSPS) is 17.3. The van der Waals surface area contributed by atoms with Crippen LogP contribution in [-0.4, -0.2) is 31.9 Å². The van der Waals surface area contributed by atoms with Crippen LogP contribution in [0.4, 0.5) is 0 Å². The summed E-state index contributed by atoms with van der Waals surface area (Å²) in [6.07, 6.45) is 1.49. The molecule has 2 aromatic rings. The highest BCUT2D eigenvalue weighted by molar-refractivity contribution is 7.89. The first-order chi connectivity index (χ1) is 10.7. The molecule has 0 bridgehead atoms. The fraction of sp³-hybridized carbons (Fsp3) is 0.294. The van der Waals surface area contributed by atoms with E-state index in [1.165, 1.54) is 0 Å². The predicted octanol–water partition coefficient (Wildman–Crippen LogP) is 2.92. The van der Waals surface area contributed by atoms with Crippen molar-refractivity contribution in [3.8, 4) is 5.75 Å². The van der Waals surface area contributed by atoms with Crippen molar-refractivity contribution in [2.24, 2.45) is 0 Å². The zero-order valence-corrected chi connectivity index (χ0v) is 13.1. The van der Waals surface area contributed by atoms with Crippen LogP contribution in [0.1, 0.15) is 12.8 Å². The van der Waals surface area contributed by atoms with Crippen LogP contribution in [0.5, 0.6) is 5.75 Å². The van der Waals surface area contributed by atoms with Gasteiger partial charge in [-0.1, -0.05) is 36.4 Å². The minimum atomic E-state index is -3.38. The van der Waals surface area contributed by atoms with Gasteiger partial charge in [0.25, 0.3) is 0 Å². The summed E-state index contributed by atoms with van der Waals surface area (Å²) in [6, 6.07) is 18.3. The van der Waals surface area contributed by atoms with Gasteiger partial charge in [-0.2, -0.15) is 4.31 Å². The third-order valence-corrected chi connectivity index (χ3v) is 5.74. The maximum atomic E-state index is 12.5. The highest BCUT2D eigenvalue weighted by atomic mass is 32.2. The molecular weight excluding hydrogens is 298 g/mol. The minimum absolute atomic E-state index is 0.0737. The van der Waals surface area contributed by atoms with E-state index in [1.807, 2.05) is 36.4 Å². The molecule has 0 aromatic heterocycles. The molecule has 1 fully saturated rings. The van der Waals surface area contributed by atoms with Crippen LogP contribution in [0.3, 0.4) is 0 Å². The second-order valence-corrected chi connectivity index (χ2v) is 7.29. The van der Waals surface area contributed by atoms with Crippen LogP contribution >= 0.6 is 0 Å². The Balaban J connectivity index is 1.62. The summed E-state index contributed by atoms with van der Waals surface area (Å²) in [7, 11) is -3.38. The molecule has 1 aliphatic rings. The molecule has 0 amide bonds. The van der Waals surface area contributed by atoms with Gasteiger partial charge in [0.05, 0.1) is 4.90 Å². The van der Waals surface area contributed by atoms with Gasteiger partial charge in [0.15, 0.2) is 0 Å². The molecular formula is C17H19NO3S. The van der Waals surface area contributed by atoms with E-state index < -0.39 is 10.0 Å². The van der Waals surface area contributed by atoms with Gasteiger partial charge in [-0.25, -0.2) is 8.42 Å². The Hall–Kier alpha value is -1.85. The Morgan fingerprint density at radius 2 is 1.41 bits per heavy atom. The summed E-state index contributed by atoms with van der Waals surface area (Å²) in [5.41, 5.74) is 0. The number of piperidine rings is 1. The van der Waals surface area contributed by atoms with Gasteiger partial charge in [0.1, 0.15) is 11.9 Å². The van der Waals surface area contributed by atoms with Gasteiger partial charge in [-0.3, -0.25) is 0 Å². The third kappa shape index (κ3) is 3.31. The van der Waals surface area contributed by atoms with E-state index in [1.54, 1.807) is 28.6 Å². The van der Waals surface area contributed by atoms with Crippen molar-refractivity contribution in [2.45, 2.75) is 23.8 Å². The summed E-state index contributed by atoms with van der Waals surface area (Å²) in [5, 5.41) is 0. The van der Waals surface area contributed by atoms with Crippen LogP contribution in [0.2, 0.25) is 0 Å². The molecule has 4 nitrogen and oxygen atoms in total. The van der Waals surface area contributed by atoms with Crippen LogP contribution < -0.4 is 4.74 Å². The van der Waals surface area contributed by atoms with Crippen molar-refractivity contribution in [3.05, 3.63) is 60.7 Å². The van der Waals surface area contributed by atoms with Gasteiger partial charge in [-0.05, 0) is 37.1 Å². The molecule has 0 spiro atoms. The maximum Gasteiger partial charge on any atom is 0.243 e. The van der Waals surface area contributed by atoms with Crippen molar-refractivity contribution in [1.29, 1.82) is 0 Å². The zero-order chi connectivity index (χ0) is 15.4. The molecule has 116 valence electrons. The van der Waals surface area contributed by atoms with Crippen LogP contribution in [-0.2, 0) is 10.0 Å². The molecule has 1 aliphatic heterocycles. The summed E-state index contributed by atoms with van der Waals surface area (Å²) in [5.74, 6) is 0.840. The van der Waals surface area contributed by atoms with Crippen molar-refractivity contribution in [1.82, 2.24) is 4.31 Å². The first-order valence-corrected chi connectivity index (χ1v) is 8.87. The highest BCUT2D eigenvalue weighted by Gasteiger charge is 2.29. The molecule has 5 heteroatoms. The summed E-state index contributed by atoms with van der Waals surface area (Å²) < 4.78 is 32.5. The molecule has 3 rings (SSSR count). The van der Waals surface area contributed by atoms with E-state index in [-0.39, 0.29) is 6.10 Å². The molecule has 1 heterocycles. The number of hydrogen-bond acceptors (Lipinski definition) is 3. The molecule has 0 radical (unpaired) electrons. The Kier molecular flexibility index (Phi) is 4.45. The molecule has 0 aliphatic carbocycles. The van der Waals surface area contributed by atoms with Crippen molar-refractivity contribution in [2.75, 3.05) is 13.1 Å². The van der Waals surface area contributed by atoms with Crippen LogP contribution in [0.25, 0.3) is 0 Å². The van der Waals surface area contributed by atoms with Crippen molar-refractivity contribution < 1.29 is 13.2 Å². The van der Waals surface area contributed by atoms with E-state index in [2.05, 4.69) is 0 Å². The number of sulfonamides is 1. The molecule has 0 N–H and O–H groups in total. The lowest BCUT2D eigenvalue weighted by Gasteiger charge is -2.31. The molecule has 0 atom stereocenters. The van der Waals surface area contributed by atoms with E-state index in [0.717, 1.165) is 5.75 Å². The quantitative estimate of drug-likeness (QED) is 0.871. The Labute approximate surface area is 131 Å². The topological polar surface area (TPSA) is 46.6 Å². The van der Waals surface area contributed by atoms with E-state index in [4.69, 9.17) is 4.74 Å². The fourth-order valence-corrected chi connectivity index (χ4v) is 4.11. The monoisotopic (exact) mass is 317 g/mol. The second kappa shape index (κ2) is 6.50. The highest BCUT2D eigenvalue weighted by Crippen LogP contribution is 2.23. The smallest absolute Gasteiger partial charge is 0.243 e. The Morgan fingerprint density at radius 1 is 0.864 bits per heavy atom. The minimum Gasteiger partial charge on any atom is -0.490 e. The van der Waals surface area contributed by atoms with Gasteiger partial charge in [0.2, 0.25) is 10.0 Å². The van der Waals surface area contributed by atoms with E-state index >= 15 is 0 Å². The van der Waals surface area contributed by atoms with Crippen LogP contribution in [0.15, 0.2) is 65.6 Å². The number of nitrogens with zero attached hydrogens (tertiary/aromatic N) is 1. The van der Waals surface area contributed by atoms with Crippen molar-refractivity contribution in [3.63, 3.8) is 0 Å². The van der Waals surface area contributed by atoms with Crippen LogP contribution in [0, 0.1) is 0 Å². The lowest BCUT2D eigenvalue weighted by Crippen LogP contribution is -2.41.